The van der Waals surface area contributed by atoms with Crippen LogP contribution in [0.3, 0.4) is 0 Å². The first-order valence-corrected chi connectivity index (χ1v) is 20.7. The van der Waals surface area contributed by atoms with Crippen molar-refractivity contribution in [3.8, 4) is 29.3 Å². The predicted molar refractivity (Wildman–Crippen MR) is 230 cm³/mol. The summed E-state index contributed by atoms with van der Waals surface area (Å²) >= 11 is 0. The molecule has 8 heteroatoms. The van der Waals surface area contributed by atoms with Crippen molar-refractivity contribution in [1.29, 1.82) is 0 Å². The number of phenols is 1. The molecule has 4 N–H and O–H groups in total. The number of allylic oxidation sites excluding steroid dienone is 4. The van der Waals surface area contributed by atoms with Crippen LogP contribution in [0.5, 0.6) is 17.2 Å². The summed E-state index contributed by atoms with van der Waals surface area (Å²) in [5.41, 5.74) is 7.56. The number of fused-ring (bicyclic) bond motifs is 9. The normalized spacial score (nSPS) is 20.3. The minimum atomic E-state index is -0.506. The van der Waals surface area contributed by atoms with Crippen molar-refractivity contribution in [3.63, 3.8) is 0 Å². The van der Waals surface area contributed by atoms with Gasteiger partial charge in [-0.2, -0.15) is 0 Å². The lowest BCUT2D eigenvalue weighted by atomic mass is 9.80. The Hall–Kier alpha value is -5.65. The lowest BCUT2D eigenvalue weighted by Gasteiger charge is -2.28. The minimum absolute atomic E-state index is 0.0322. The van der Waals surface area contributed by atoms with Gasteiger partial charge in [-0.05, 0) is 138 Å². The number of Topliss-reactive ketones (excluding diaryl/α,β-unsaturated/α-hetero) is 1. The van der Waals surface area contributed by atoms with Crippen LogP contribution in [0.1, 0.15) is 97.2 Å². The number of nitrogens with one attached hydrogen (secondary N) is 1. The number of aliphatic hydroxyl groups is 2. The van der Waals surface area contributed by atoms with Gasteiger partial charge < -0.3 is 34.8 Å². The first-order valence-electron chi connectivity index (χ1n) is 20.7. The van der Waals surface area contributed by atoms with Crippen LogP contribution in [0.2, 0.25) is 0 Å². The lowest BCUT2D eigenvalue weighted by Crippen LogP contribution is -2.24. The number of ketones is 1. The second kappa shape index (κ2) is 18.7. The van der Waals surface area contributed by atoms with Crippen LogP contribution >= 0.6 is 0 Å². The third-order valence-electron chi connectivity index (χ3n) is 11.9. The highest BCUT2D eigenvalue weighted by atomic mass is 16.5. The average Bonchev–Trinajstić information content (AvgIpc) is 3.22. The second-order valence-electron chi connectivity index (χ2n) is 15.8. The van der Waals surface area contributed by atoms with Crippen molar-refractivity contribution in [3.05, 3.63) is 124 Å². The Labute approximate surface area is 342 Å². The van der Waals surface area contributed by atoms with E-state index in [4.69, 9.17) is 14.2 Å². The molecule has 2 aliphatic heterocycles. The molecule has 6 bridgehead atoms. The van der Waals surface area contributed by atoms with E-state index in [1.807, 2.05) is 36.4 Å². The molecule has 4 unspecified atom stereocenters. The Balaban J connectivity index is 1.16. The molecule has 0 fully saturated rings. The molecule has 58 heavy (non-hydrogen) atoms. The van der Waals surface area contributed by atoms with Crippen LogP contribution < -0.4 is 14.8 Å². The molecule has 0 radical (unpaired) electrons. The quantitative estimate of drug-likeness (QED) is 0.0878. The number of aromatic hydroxyl groups is 1. The van der Waals surface area contributed by atoms with Crippen molar-refractivity contribution in [1.82, 2.24) is 0 Å². The SMILES string of the molecule is CCNc1cccc(CCCCC2C=CC(O)=CC2CC2CC(=O)CCc3ccc(OC)c(c3)OCc3c(CO)cc4c(c(O)cc5c4c3C=CC5C)CC#CO2)c1. The van der Waals surface area contributed by atoms with E-state index in [0.29, 0.717) is 41.9 Å². The number of hydrogen-bond acceptors (Lipinski definition) is 8. The molecule has 0 spiro atoms. The predicted octanol–water partition coefficient (Wildman–Crippen LogP) is 10.0. The minimum Gasteiger partial charge on any atom is -0.508 e. The van der Waals surface area contributed by atoms with Gasteiger partial charge in [0.25, 0.3) is 0 Å². The van der Waals surface area contributed by atoms with E-state index in [1.165, 1.54) is 5.56 Å². The van der Waals surface area contributed by atoms with E-state index in [1.54, 1.807) is 13.2 Å². The smallest absolute Gasteiger partial charge is 0.161 e. The van der Waals surface area contributed by atoms with Gasteiger partial charge >= 0.3 is 0 Å². The van der Waals surface area contributed by atoms with E-state index < -0.39 is 6.10 Å². The maximum atomic E-state index is 13.7. The molecule has 0 aromatic heterocycles. The molecule has 0 saturated heterocycles. The van der Waals surface area contributed by atoms with Crippen LogP contribution in [-0.4, -0.2) is 40.9 Å². The van der Waals surface area contributed by atoms with Crippen molar-refractivity contribution < 1.29 is 34.3 Å². The summed E-state index contributed by atoms with van der Waals surface area (Å²) in [5.74, 6) is 4.93. The largest absolute Gasteiger partial charge is 0.508 e. The number of hydrogen-bond donors (Lipinski definition) is 4. The van der Waals surface area contributed by atoms with Crippen LogP contribution in [0.4, 0.5) is 5.69 Å². The number of methoxy groups -OCH3 is 1. The van der Waals surface area contributed by atoms with Gasteiger partial charge in [0.05, 0.1) is 13.7 Å². The highest BCUT2D eigenvalue weighted by Crippen LogP contribution is 2.43. The molecule has 0 saturated carbocycles. The van der Waals surface area contributed by atoms with Crippen LogP contribution in [0, 0.1) is 23.9 Å². The molecule has 302 valence electrons. The van der Waals surface area contributed by atoms with E-state index in [-0.39, 0.29) is 61.1 Å². The molecule has 0 amide bonds. The van der Waals surface area contributed by atoms with Crippen molar-refractivity contribution in [2.75, 3.05) is 19.0 Å². The van der Waals surface area contributed by atoms with Crippen molar-refractivity contribution in [2.24, 2.45) is 11.8 Å². The molecule has 4 aliphatic rings. The average molecular weight is 782 g/mol. The van der Waals surface area contributed by atoms with Crippen LogP contribution in [0.25, 0.3) is 16.8 Å². The molecular formula is C50H55NO7. The molecule has 2 heterocycles. The fraction of sp³-hybridized carbons (Fsp3) is 0.380. The van der Waals surface area contributed by atoms with E-state index >= 15 is 0 Å². The van der Waals surface area contributed by atoms with Gasteiger partial charge in [0, 0.05) is 48.5 Å². The number of unbranched alkanes of at least 4 members (excludes halogenated alkanes) is 1. The summed E-state index contributed by atoms with van der Waals surface area (Å²) in [5, 5.41) is 37.9. The van der Waals surface area contributed by atoms with Crippen LogP contribution in [0.15, 0.2) is 84.7 Å². The molecule has 4 aromatic carbocycles. The van der Waals surface area contributed by atoms with Gasteiger partial charge in [0.2, 0.25) is 0 Å². The van der Waals surface area contributed by atoms with Gasteiger partial charge in [-0.15, -0.1) is 0 Å². The summed E-state index contributed by atoms with van der Waals surface area (Å²) in [6, 6.07) is 18.1. The van der Waals surface area contributed by atoms with Gasteiger partial charge in [-0.25, -0.2) is 0 Å². The van der Waals surface area contributed by atoms with Crippen molar-refractivity contribution in [2.45, 2.75) is 96.9 Å². The molecular weight excluding hydrogens is 727 g/mol. The van der Waals surface area contributed by atoms with E-state index in [9.17, 15) is 20.1 Å². The fourth-order valence-electron chi connectivity index (χ4n) is 8.75. The zero-order chi connectivity index (χ0) is 40.6. The van der Waals surface area contributed by atoms with E-state index in [2.05, 4.69) is 73.7 Å². The second-order valence-corrected chi connectivity index (χ2v) is 15.8. The third-order valence-corrected chi connectivity index (χ3v) is 11.9. The number of aliphatic hydroxyl groups excluding tert-OH is 2. The number of anilines is 1. The van der Waals surface area contributed by atoms with Crippen LogP contribution in [-0.2, 0) is 42.0 Å². The van der Waals surface area contributed by atoms with Gasteiger partial charge in [0.15, 0.2) is 11.5 Å². The number of ether oxygens (including phenoxy) is 3. The Kier molecular flexibility index (Phi) is 13.1. The molecule has 2 aliphatic carbocycles. The zero-order valence-corrected chi connectivity index (χ0v) is 33.9. The fourth-order valence-corrected chi connectivity index (χ4v) is 8.75. The lowest BCUT2D eigenvalue weighted by molar-refractivity contribution is -0.121. The Bertz CT molecular complexity index is 2290. The summed E-state index contributed by atoms with van der Waals surface area (Å²) < 4.78 is 18.4. The summed E-state index contributed by atoms with van der Waals surface area (Å²) in [7, 11) is 1.60. The third kappa shape index (κ3) is 9.38. The summed E-state index contributed by atoms with van der Waals surface area (Å²) in [6.07, 6.45) is 18.1. The Morgan fingerprint density at radius 3 is 2.69 bits per heavy atom. The molecule has 8 rings (SSSR count). The summed E-state index contributed by atoms with van der Waals surface area (Å²) in [6.45, 7) is 5.07. The molecule has 8 nitrogen and oxygen atoms in total. The van der Waals surface area contributed by atoms with E-state index in [0.717, 1.165) is 70.9 Å². The standard InChI is InChI=1S/C50H55NO7/c1-4-51-38-12-7-10-33(23-38)9-5-6-11-35-17-19-39(53)25-36(35)26-41-28-40(54)18-15-34-16-21-48(56-3)49(24-34)58-31-46-37(30-52)27-45-42(13-8-22-57-41)47(55)29-44-32(2)14-20-43(46)50(44)45/h7,10,12,14,16-17,19-21,23-25,27,29,32,35-36,41,51-53,55H,4-6,9,11,13,15,18,26,28,30-31H2,1-3H3. The zero-order valence-electron chi connectivity index (χ0n) is 33.9. The first kappa shape index (κ1) is 40.5. The van der Waals surface area contributed by atoms with Crippen molar-refractivity contribution >= 4 is 28.3 Å². The number of carbonyl (C=O) groups excluding carboxylic acids is 1. The molecule has 4 atom stereocenters. The number of phenolic OH excluding ortho intramolecular Hbond substituents is 1. The number of carbonyl (C=O) groups is 1. The maximum Gasteiger partial charge on any atom is 0.161 e. The van der Waals surface area contributed by atoms with Gasteiger partial charge in [-0.1, -0.05) is 55.7 Å². The van der Waals surface area contributed by atoms with Gasteiger partial charge in [-0.3, -0.25) is 4.79 Å². The Morgan fingerprint density at radius 1 is 0.983 bits per heavy atom. The number of benzene rings is 4. The highest BCUT2D eigenvalue weighted by molar-refractivity contribution is 6.00. The first-order chi connectivity index (χ1) is 28.2. The maximum absolute atomic E-state index is 13.7. The molecule has 4 aromatic rings. The Morgan fingerprint density at radius 2 is 1.86 bits per heavy atom. The number of aryl methyl sites for hydroxylation is 2. The summed E-state index contributed by atoms with van der Waals surface area (Å²) in [4.78, 5) is 13.7. The highest BCUT2D eigenvalue weighted by Gasteiger charge is 2.28. The topological polar surface area (TPSA) is 117 Å². The monoisotopic (exact) mass is 781 g/mol. The van der Waals surface area contributed by atoms with Gasteiger partial charge in [0.1, 0.15) is 36.1 Å². The number of rotatable bonds is 11.